The summed E-state index contributed by atoms with van der Waals surface area (Å²) in [5.41, 5.74) is 15.8. The quantitative estimate of drug-likeness (QED) is 0.384. The van der Waals surface area contributed by atoms with E-state index in [1.165, 1.54) is 27.8 Å². The van der Waals surface area contributed by atoms with Gasteiger partial charge in [0.05, 0.1) is 5.41 Å². The lowest BCUT2D eigenvalue weighted by atomic mass is 9.71. The molecule has 0 amide bonds. The lowest BCUT2D eigenvalue weighted by molar-refractivity contribution is 0.789. The number of benzene rings is 3. The minimum absolute atomic E-state index is 0.420. The molecule has 3 aromatic carbocycles. The second kappa shape index (κ2) is 4.98. The second-order valence-electron chi connectivity index (χ2n) is 7.49. The van der Waals surface area contributed by atoms with Crippen molar-refractivity contribution >= 4 is 11.6 Å². The van der Waals surface area contributed by atoms with Gasteiger partial charge in [0.2, 0.25) is 0 Å². The van der Waals surface area contributed by atoms with Crippen LogP contribution in [0.3, 0.4) is 0 Å². The molecule has 0 saturated heterocycles. The van der Waals surface area contributed by atoms with Crippen LogP contribution in [0, 0.1) is 0 Å². The number of fused-ring (bicyclic) bond motifs is 10. The minimum atomic E-state index is -0.420. The van der Waals surface area contributed by atoms with E-state index < -0.39 is 5.41 Å². The third kappa shape index (κ3) is 1.46. The van der Waals surface area contributed by atoms with Crippen molar-refractivity contribution in [2.45, 2.75) is 5.41 Å². The molecular formula is C24H20N4. The molecule has 0 atom stereocenters. The smallest absolute Gasteiger partial charge is 0.132 e. The van der Waals surface area contributed by atoms with Gasteiger partial charge in [-0.3, -0.25) is 0 Å². The number of hydrogen-bond donors (Lipinski definition) is 3. The maximum Gasteiger partial charge on any atom is 0.132 e. The molecule has 0 radical (unpaired) electrons. The summed E-state index contributed by atoms with van der Waals surface area (Å²) in [4.78, 5) is 0. The van der Waals surface area contributed by atoms with Gasteiger partial charge < -0.3 is 16.9 Å². The van der Waals surface area contributed by atoms with E-state index in [4.69, 9.17) is 11.6 Å². The summed E-state index contributed by atoms with van der Waals surface area (Å²) < 4.78 is 1.59. The van der Waals surface area contributed by atoms with Gasteiger partial charge in [0.15, 0.2) is 0 Å². The second-order valence-corrected chi connectivity index (χ2v) is 7.49. The molecule has 0 bridgehead atoms. The van der Waals surface area contributed by atoms with E-state index in [1.54, 1.807) is 4.68 Å². The van der Waals surface area contributed by atoms with E-state index in [0.29, 0.717) is 5.82 Å². The molecule has 0 saturated carbocycles. The Balaban J connectivity index is 1.90. The van der Waals surface area contributed by atoms with Crippen LogP contribution in [-0.4, -0.2) is 11.7 Å². The predicted octanol–water partition coefficient (Wildman–Crippen LogP) is 4.17. The number of rotatable bonds is 1. The molecule has 4 aromatic rings. The number of nitrogens with two attached hydrogens (primary N) is 2. The first-order chi connectivity index (χ1) is 13.7. The standard InChI is InChI=1S/C24H20N4/c1-27-23-21-20(22(25)28(23)26)16-10-4-7-13-19(16)24(21)17-11-5-2-8-14(17)15-9-3-6-12-18(15)24/h2-13,27H,25-26H2,1H3. The molecule has 0 unspecified atom stereocenters. The van der Waals surface area contributed by atoms with Crippen LogP contribution in [0.2, 0.25) is 0 Å². The van der Waals surface area contributed by atoms with Crippen molar-refractivity contribution < 1.29 is 0 Å². The summed E-state index contributed by atoms with van der Waals surface area (Å²) in [5.74, 6) is 7.85. The molecule has 2 aliphatic rings. The van der Waals surface area contributed by atoms with Gasteiger partial charge in [-0.25, -0.2) is 4.68 Å². The minimum Gasteiger partial charge on any atom is -0.383 e. The van der Waals surface area contributed by atoms with Crippen molar-refractivity contribution in [3.05, 3.63) is 95.1 Å². The van der Waals surface area contributed by atoms with Gasteiger partial charge in [-0.15, -0.1) is 0 Å². The fourth-order valence-electron chi connectivity index (χ4n) is 5.45. The lowest BCUT2D eigenvalue weighted by Crippen LogP contribution is -2.27. The summed E-state index contributed by atoms with van der Waals surface area (Å²) in [6.07, 6.45) is 0. The van der Waals surface area contributed by atoms with Crippen LogP contribution in [0.5, 0.6) is 0 Å². The van der Waals surface area contributed by atoms with Crippen LogP contribution in [0.15, 0.2) is 72.8 Å². The molecule has 1 spiro atoms. The van der Waals surface area contributed by atoms with Crippen LogP contribution in [0.25, 0.3) is 22.3 Å². The third-order valence-corrected chi connectivity index (χ3v) is 6.41. The van der Waals surface area contributed by atoms with Gasteiger partial charge in [0, 0.05) is 18.2 Å². The van der Waals surface area contributed by atoms with E-state index in [0.717, 1.165) is 22.5 Å². The molecule has 1 heterocycles. The zero-order valence-electron chi connectivity index (χ0n) is 15.5. The van der Waals surface area contributed by atoms with Crippen LogP contribution in [0.4, 0.5) is 11.6 Å². The van der Waals surface area contributed by atoms with Crippen molar-refractivity contribution in [3.8, 4) is 22.3 Å². The fraction of sp³-hybridized carbons (Fsp3) is 0.0833. The molecule has 5 N–H and O–H groups in total. The molecular weight excluding hydrogens is 344 g/mol. The Hall–Kier alpha value is -3.66. The van der Waals surface area contributed by atoms with Gasteiger partial charge in [0.25, 0.3) is 0 Å². The van der Waals surface area contributed by atoms with Crippen LogP contribution in [0.1, 0.15) is 22.3 Å². The third-order valence-electron chi connectivity index (χ3n) is 6.41. The highest BCUT2D eigenvalue weighted by Crippen LogP contribution is 2.65. The summed E-state index contributed by atoms with van der Waals surface area (Å²) in [5, 5.41) is 3.32. The van der Waals surface area contributed by atoms with Crippen molar-refractivity contribution in [1.29, 1.82) is 0 Å². The maximum absolute atomic E-state index is 6.53. The van der Waals surface area contributed by atoms with Crippen LogP contribution >= 0.6 is 0 Å². The van der Waals surface area contributed by atoms with E-state index >= 15 is 0 Å². The number of anilines is 2. The largest absolute Gasteiger partial charge is 0.383 e. The van der Waals surface area contributed by atoms with Gasteiger partial charge in [0.1, 0.15) is 11.6 Å². The molecule has 4 nitrogen and oxygen atoms in total. The molecule has 0 aliphatic heterocycles. The molecule has 4 heteroatoms. The number of nitrogens with zero attached hydrogens (tertiary/aromatic N) is 1. The van der Waals surface area contributed by atoms with Gasteiger partial charge in [-0.2, -0.15) is 0 Å². The molecule has 1 aromatic heterocycles. The summed E-state index contributed by atoms with van der Waals surface area (Å²) >= 11 is 0. The highest BCUT2D eigenvalue weighted by atomic mass is 15.4. The Bertz CT molecular complexity index is 1240. The zero-order valence-corrected chi connectivity index (χ0v) is 15.5. The summed E-state index contributed by atoms with van der Waals surface area (Å²) in [7, 11) is 1.90. The highest BCUT2D eigenvalue weighted by Gasteiger charge is 2.54. The molecule has 2 aliphatic carbocycles. The van der Waals surface area contributed by atoms with E-state index in [9.17, 15) is 0 Å². The van der Waals surface area contributed by atoms with Gasteiger partial charge in [-0.1, -0.05) is 72.8 Å². The number of nitrogens with one attached hydrogen (secondary N) is 1. The first-order valence-corrected chi connectivity index (χ1v) is 9.48. The van der Waals surface area contributed by atoms with Gasteiger partial charge in [-0.05, 0) is 33.4 Å². The van der Waals surface area contributed by atoms with Crippen molar-refractivity contribution in [1.82, 2.24) is 4.68 Å². The topological polar surface area (TPSA) is 69.0 Å². The Morgan fingerprint density at radius 1 is 0.750 bits per heavy atom. The molecule has 0 fully saturated rings. The average Bonchev–Trinajstić information content (AvgIpc) is 3.30. The zero-order chi connectivity index (χ0) is 19.0. The highest BCUT2D eigenvalue weighted by molar-refractivity contribution is 6.01. The Morgan fingerprint density at radius 3 is 1.75 bits per heavy atom. The Labute approximate surface area is 163 Å². The molecule has 6 rings (SSSR count). The number of aromatic nitrogens is 1. The van der Waals surface area contributed by atoms with Crippen LogP contribution < -0.4 is 16.9 Å². The summed E-state index contributed by atoms with van der Waals surface area (Å²) in [6, 6.07) is 25.9. The summed E-state index contributed by atoms with van der Waals surface area (Å²) in [6.45, 7) is 0. The normalized spacial score (nSPS) is 14.5. The van der Waals surface area contributed by atoms with E-state index in [1.807, 2.05) is 7.05 Å². The monoisotopic (exact) mass is 364 g/mol. The Morgan fingerprint density at radius 2 is 1.21 bits per heavy atom. The van der Waals surface area contributed by atoms with Crippen molar-refractivity contribution in [2.24, 2.45) is 0 Å². The molecule has 28 heavy (non-hydrogen) atoms. The van der Waals surface area contributed by atoms with Crippen molar-refractivity contribution in [3.63, 3.8) is 0 Å². The average molecular weight is 364 g/mol. The molecule has 136 valence electrons. The van der Waals surface area contributed by atoms with Crippen LogP contribution in [-0.2, 0) is 5.41 Å². The first kappa shape index (κ1) is 15.4. The van der Waals surface area contributed by atoms with E-state index in [2.05, 4.69) is 78.1 Å². The SMILES string of the molecule is CNc1c2c(c(N)n1N)-c1ccccc1C21c2ccccc2-c2ccccc21. The van der Waals surface area contributed by atoms with Crippen molar-refractivity contribution in [2.75, 3.05) is 23.9 Å². The predicted molar refractivity (Wildman–Crippen MR) is 115 cm³/mol. The maximum atomic E-state index is 6.53. The number of nitrogen functional groups attached to an aromatic ring is 2. The Kier molecular flexibility index (Phi) is 2.74. The van der Waals surface area contributed by atoms with Gasteiger partial charge >= 0.3 is 0 Å². The first-order valence-electron chi connectivity index (χ1n) is 9.48. The number of hydrogen-bond acceptors (Lipinski definition) is 3. The fourth-order valence-corrected chi connectivity index (χ4v) is 5.45. The van der Waals surface area contributed by atoms with E-state index in [-0.39, 0.29) is 0 Å². The lowest BCUT2D eigenvalue weighted by Gasteiger charge is -2.31.